The molecular weight excluding hydrogens is 238 g/mol. The van der Waals surface area contributed by atoms with E-state index in [1.54, 1.807) is 24.3 Å². The molecule has 0 saturated carbocycles. The number of benzene rings is 2. The van der Waals surface area contributed by atoms with Crippen LogP contribution in [0.4, 0.5) is 0 Å². The Bertz CT molecular complexity index is 737. The van der Waals surface area contributed by atoms with Crippen LogP contribution < -0.4 is 4.74 Å². The molecule has 0 N–H and O–H groups in total. The molecule has 0 aliphatic carbocycles. The molecule has 0 atom stereocenters. The van der Waals surface area contributed by atoms with Crippen LogP contribution in [-0.2, 0) is 0 Å². The number of carbonyl (C=O) groups is 1. The maximum Gasteiger partial charge on any atom is 0.219 e. The fourth-order valence-electron chi connectivity index (χ4n) is 1.88. The highest BCUT2D eigenvalue weighted by Crippen LogP contribution is 2.22. The zero-order chi connectivity index (χ0) is 13.1. The van der Waals surface area contributed by atoms with E-state index in [2.05, 4.69) is 4.98 Å². The zero-order valence-corrected chi connectivity index (χ0v) is 10.1. The number of aromatic nitrogens is 1. The van der Waals surface area contributed by atoms with Gasteiger partial charge in [-0.25, -0.2) is 4.98 Å². The first-order chi connectivity index (χ1) is 9.35. The first kappa shape index (κ1) is 11.4. The van der Waals surface area contributed by atoms with Crippen LogP contribution in [0.5, 0.6) is 11.6 Å². The summed E-state index contributed by atoms with van der Waals surface area (Å²) in [5, 5.41) is 1.07. The van der Waals surface area contributed by atoms with E-state index in [0.29, 0.717) is 17.2 Å². The van der Waals surface area contributed by atoms with Crippen LogP contribution in [0.3, 0.4) is 0 Å². The molecule has 0 bridgehead atoms. The van der Waals surface area contributed by atoms with Gasteiger partial charge in [0.15, 0.2) is 0 Å². The van der Waals surface area contributed by atoms with Gasteiger partial charge in [0.1, 0.15) is 12.0 Å². The molecule has 3 nitrogen and oxygen atoms in total. The third-order valence-electron chi connectivity index (χ3n) is 2.79. The molecule has 0 aliphatic heterocycles. The predicted octanol–water partition coefficient (Wildman–Crippen LogP) is 3.84. The second kappa shape index (κ2) is 4.90. The van der Waals surface area contributed by atoms with Gasteiger partial charge in [0, 0.05) is 17.0 Å². The van der Waals surface area contributed by atoms with E-state index >= 15 is 0 Å². The number of hydrogen-bond donors (Lipinski definition) is 0. The number of ether oxygens (including phenoxy) is 1. The van der Waals surface area contributed by atoms with Crippen LogP contribution in [0.1, 0.15) is 10.4 Å². The fraction of sp³-hybridized carbons (Fsp3) is 0. The molecule has 3 heteroatoms. The molecule has 19 heavy (non-hydrogen) atoms. The molecule has 0 fully saturated rings. The number of pyridine rings is 1. The fourth-order valence-corrected chi connectivity index (χ4v) is 1.88. The molecule has 0 amide bonds. The summed E-state index contributed by atoms with van der Waals surface area (Å²) in [6, 6.07) is 18.6. The van der Waals surface area contributed by atoms with E-state index in [1.807, 2.05) is 36.4 Å². The van der Waals surface area contributed by atoms with Gasteiger partial charge in [-0.1, -0.05) is 30.3 Å². The molecule has 0 aliphatic rings. The largest absolute Gasteiger partial charge is 0.439 e. The minimum Gasteiger partial charge on any atom is -0.439 e. The minimum atomic E-state index is 0.516. The molecule has 1 heterocycles. The molecule has 2 aromatic carbocycles. The maximum atomic E-state index is 10.7. The summed E-state index contributed by atoms with van der Waals surface area (Å²) < 4.78 is 5.66. The Morgan fingerprint density at radius 3 is 2.74 bits per heavy atom. The van der Waals surface area contributed by atoms with Crippen molar-refractivity contribution in [1.82, 2.24) is 4.98 Å². The highest BCUT2D eigenvalue weighted by molar-refractivity contribution is 5.79. The Morgan fingerprint density at radius 1 is 0.947 bits per heavy atom. The molecule has 0 unspecified atom stereocenters. The summed E-state index contributed by atoms with van der Waals surface area (Å²) in [7, 11) is 0. The average molecular weight is 249 g/mol. The lowest BCUT2D eigenvalue weighted by Crippen LogP contribution is -1.89. The molecule has 1 aromatic heterocycles. The van der Waals surface area contributed by atoms with E-state index in [4.69, 9.17) is 4.74 Å². The number of aldehydes is 1. The van der Waals surface area contributed by atoms with Crippen LogP contribution in [0.2, 0.25) is 0 Å². The van der Waals surface area contributed by atoms with Gasteiger partial charge in [0.05, 0.1) is 5.52 Å². The van der Waals surface area contributed by atoms with Crippen LogP contribution in [0, 0.1) is 0 Å². The summed E-state index contributed by atoms with van der Waals surface area (Å²) in [6.45, 7) is 0. The van der Waals surface area contributed by atoms with Crippen LogP contribution in [-0.4, -0.2) is 11.3 Å². The van der Waals surface area contributed by atoms with Crippen molar-refractivity contribution in [3.63, 3.8) is 0 Å². The Morgan fingerprint density at radius 2 is 1.84 bits per heavy atom. The number of carbonyl (C=O) groups excluding carboxylic acids is 1. The van der Waals surface area contributed by atoms with E-state index in [9.17, 15) is 4.79 Å². The normalized spacial score (nSPS) is 10.3. The monoisotopic (exact) mass is 249 g/mol. The Balaban J connectivity index is 1.94. The Hall–Kier alpha value is -2.68. The van der Waals surface area contributed by atoms with E-state index in [1.165, 1.54) is 0 Å². The number of fused-ring (bicyclic) bond motifs is 1. The minimum absolute atomic E-state index is 0.516. The van der Waals surface area contributed by atoms with Gasteiger partial charge >= 0.3 is 0 Å². The lowest BCUT2D eigenvalue weighted by atomic mass is 10.2. The third kappa shape index (κ3) is 2.45. The lowest BCUT2D eigenvalue weighted by Gasteiger charge is -2.06. The number of para-hydroxylation sites is 1. The summed E-state index contributed by atoms with van der Waals surface area (Å²) in [5.41, 5.74) is 1.46. The molecule has 0 saturated heterocycles. The number of nitrogens with zero attached hydrogens (tertiary/aromatic N) is 1. The van der Waals surface area contributed by atoms with Gasteiger partial charge in [0.2, 0.25) is 5.88 Å². The van der Waals surface area contributed by atoms with Crippen molar-refractivity contribution in [2.75, 3.05) is 0 Å². The van der Waals surface area contributed by atoms with Gasteiger partial charge in [-0.2, -0.15) is 0 Å². The number of hydrogen-bond acceptors (Lipinski definition) is 3. The van der Waals surface area contributed by atoms with Crippen molar-refractivity contribution in [3.05, 3.63) is 66.2 Å². The lowest BCUT2D eigenvalue weighted by molar-refractivity contribution is 0.112. The van der Waals surface area contributed by atoms with Gasteiger partial charge in [-0.05, 0) is 24.3 Å². The van der Waals surface area contributed by atoms with Crippen molar-refractivity contribution < 1.29 is 9.53 Å². The van der Waals surface area contributed by atoms with Crippen LogP contribution in [0.15, 0.2) is 60.7 Å². The van der Waals surface area contributed by atoms with Gasteiger partial charge in [0.25, 0.3) is 0 Å². The summed E-state index contributed by atoms with van der Waals surface area (Å²) in [6.07, 6.45) is 0.792. The maximum absolute atomic E-state index is 10.7. The predicted molar refractivity (Wildman–Crippen MR) is 73.6 cm³/mol. The molecule has 3 rings (SSSR count). The molecule has 0 spiro atoms. The standard InChI is InChI=1S/C16H11NO2/c18-11-12-4-3-6-14(10-12)19-16-9-8-13-5-1-2-7-15(13)17-16/h1-11H. The Labute approximate surface area is 110 Å². The van der Waals surface area contributed by atoms with Gasteiger partial charge < -0.3 is 4.74 Å². The molecule has 92 valence electrons. The van der Waals surface area contributed by atoms with E-state index in [0.717, 1.165) is 17.2 Å². The van der Waals surface area contributed by atoms with Crippen molar-refractivity contribution in [1.29, 1.82) is 0 Å². The topological polar surface area (TPSA) is 39.2 Å². The van der Waals surface area contributed by atoms with Crippen molar-refractivity contribution in [2.24, 2.45) is 0 Å². The molecule has 0 radical (unpaired) electrons. The highest BCUT2D eigenvalue weighted by Gasteiger charge is 2.01. The van der Waals surface area contributed by atoms with Crippen LogP contribution in [0.25, 0.3) is 10.9 Å². The molecule has 3 aromatic rings. The van der Waals surface area contributed by atoms with Crippen LogP contribution >= 0.6 is 0 Å². The summed E-state index contributed by atoms with van der Waals surface area (Å²) in [5.74, 6) is 1.12. The quantitative estimate of drug-likeness (QED) is 0.662. The summed E-state index contributed by atoms with van der Waals surface area (Å²) >= 11 is 0. The first-order valence-corrected chi connectivity index (χ1v) is 5.94. The average Bonchev–Trinajstić information content (AvgIpc) is 2.47. The first-order valence-electron chi connectivity index (χ1n) is 5.94. The smallest absolute Gasteiger partial charge is 0.219 e. The zero-order valence-electron chi connectivity index (χ0n) is 10.1. The molecular formula is C16H11NO2. The SMILES string of the molecule is O=Cc1cccc(Oc2ccc3ccccc3n2)c1. The van der Waals surface area contributed by atoms with Crippen molar-refractivity contribution in [2.45, 2.75) is 0 Å². The Kier molecular flexibility index (Phi) is 2.94. The second-order valence-corrected chi connectivity index (χ2v) is 4.13. The third-order valence-corrected chi connectivity index (χ3v) is 2.79. The van der Waals surface area contributed by atoms with Crippen molar-refractivity contribution >= 4 is 17.2 Å². The number of rotatable bonds is 3. The van der Waals surface area contributed by atoms with Gasteiger partial charge in [-0.15, -0.1) is 0 Å². The van der Waals surface area contributed by atoms with Gasteiger partial charge in [-0.3, -0.25) is 4.79 Å². The second-order valence-electron chi connectivity index (χ2n) is 4.13. The van der Waals surface area contributed by atoms with E-state index < -0.39 is 0 Å². The highest BCUT2D eigenvalue weighted by atomic mass is 16.5. The van der Waals surface area contributed by atoms with Crippen molar-refractivity contribution in [3.8, 4) is 11.6 Å². The van der Waals surface area contributed by atoms with E-state index in [-0.39, 0.29) is 0 Å². The summed E-state index contributed by atoms with van der Waals surface area (Å²) in [4.78, 5) is 15.1.